The van der Waals surface area contributed by atoms with Crippen molar-refractivity contribution in [2.24, 2.45) is 5.92 Å². The fraction of sp³-hybridized carbons (Fsp3) is 0.543. The van der Waals surface area contributed by atoms with E-state index in [9.17, 15) is 19.1 Å². The number of nitrogens with zero attached hydrogens (tertiary/aromatic N) is 1. The summed E-state index contributed by atoms with van der Waals surface area (Å²) < 4.78 is 20.8. The normalized spacial score (nSPS) is 21.8. The molecule has 1 fully saturated rings. The van der Waals surface area contributed by atoms with Gasteiger partial charge in [0.2, 0.25) is 11.8 Å². The molecule has 2 amide bonds. The number of benzene rings is 2. The summed E-state index contributed by atoms with van der Waals surface area (Å²) in [4.78, 5) is 28.0. The van der Waals surface area contributed by atoms with Crippen LogP contribution in [0.3, 0.4) is 0 Å². The second-order valence-electron chi connectivity index (χ2n) is 12.1. The predicted molar refractivity (Wildman–Crippen MR) is 166 cm³/mol. The van der Waals surface area contributed by atoms with Gasteiger partial charge < -0.3 is 25.4 Å². The molecule has 2 aromatic carbocycles. The van der Waals surface area contributed by atoms with Crippen LogP contribution in [0.4, 0.5) is 4.39 Å². The highest BCUT2D eigenvalue weighted by Crippen LogP contribution is 2.45. The molecule has 0 aromatic heterocycles. The Labute approximate surface area is 255 Å². The zero-order valence-electron chi connectivity index (χ0n) is 25.5. The zero-order chi connectivity index (χ0) is 30.8. The van der Waals surface area contributed by atoms with Gasteiger partial charge in [0.05, 0.1) is 18.8 Å². The molecular weight excluding hydrogens is 545 g/mol. The van der Waals surface area contributed by atoms with Gasteiger partial charge in [-0.1, -0.05) is 38.3 Å². The molecule has 3 N–H and O–H groups in total. The fourth-order valence-corrected chi connectivity index (χ4v) is 5.96. The quantitative estimate of drug-likeness (QED) is 0.368. The molecule has 1 unspecified atom stereocenters. The molecule has 0 saturated heterocycles. The maximum absolute atomic E-state index is 14.7. The molecule has 1 heterocycles. The zero-order valence-corrected chi connectivity index (χ0v) is 25.5. The lowest BCUT2D eigenvalue weighted by Crippen LogP contribution is -2.50. The first-order valence-electron chi connectivity index (χ1n) is 15.7. The molecular formula is C35H46FN3O4. The minimum absolute atomic E-state index is 0.0222. The maximum Gasteiger partial charge on any atom is 0.223 e. The van der Waals surface area contributed by atoms with Crippen molar-refractivity contribution < 1.29 is 23.8 Å². The van der Waals surface area contributed by atoms with Gasteiger partial charge in [-0.2, -0.15) is 0 Å². The van der Waals surface area contributed by atoms with Crippen LogP contribution in [0.2, 0.25) is 0 Å². The molecule has 0 radical (unpaired) electrons. The average molecular weight is 592 g/mol. The van der Waals surface area contributed by atoms with E-state index in [1.54, 1.807) is 6.07 Å². The van der Waals surface area contributed by atoms with E-state index in [2.05, 4.69) is 23.5 Å². The number of carbonyl (C=O) groups is 2. The minimum Gasteiger partial charge on any atom is -0.493 e. The number of ether oxygens (including phenoxy) is 1. The van der Waals surface area contributed by atoms with Crippen LogP contribution in [0.1, 0.15) is 81.9 Å². The van der Waals surface area contributed by atoms with E-state index in [4.69, 9.17) is 11.2 Å². The Morgan fingerprint density at radius 2 is 2.00 bits per heavy atom. The summed E-state index contributed by atoms with van der Waals surface area (Å²) in [5.74, 6) is 2.53. The van der Waals surface area contributed by atoms with Crippen molar-refractivity contribution >= 4 is 11.8 Å². The SMILES string of the molecule is C#Cc1cccc(C2(NC[C@@H](O)[C@@H]3Cc4cc(F)cc(c4)OCC(CCC)CCN(CCC)C(=O)CCC(=O)N3)CC2)c1. The van der Waals surface area contributed by atoms with Crippen LogP contribution >= 0.6 is 0 Å². The summed E-state index contributed by atoms with van der Waals surface area (Å²) in [7, 11) is 0. The van der Waals surface area contributed by atoms with Gasteiger partial charge in [0, 0.05) is 49.6 Å². The van der Waals surface area contributed by atoms with Crippen molar-refractivity contribution in [2.75, 3.05) is 26.2 Å². The molecule has 2 aliphatic rings. The van der Waals surface area contributed by atoms with Gasteiger partial charge in [0.25, 0.3) is 0 Å². The maximum atomic E-state index is 14.7. The Morgan fingerprint density at radius 1 is 1.19 bits per heavy atom. The van der Waals surface area contributed by atoms with Gasteiger partial charge in [-0.25, -0.2) is 4.39 Å². The summed E-state index contributed by atoms with van der Waals surface area (Å²) in [5, 5.41) is 17.8. The Balaban J connectivity index is 1.53. The first kappa shape index (κ1) is 32.5. The van der Waals surface area contributed by atoms with Crippen LogP contribution in [0.25, 0.3) is 0 Å². The third kappa shape index (κ3) is 9.29. The van der Waals surface area contributed by atoms with Crippen molar-refractivity contribution in [2.45, 2.75) is 89.3 Å². The van der Waals surface area contributed by atoms with Gasteiger partial charge in [-0.3, -0.25) is 9.59 Å². The average Bonchev–Trinajstić information content (AvgIpc) is 3.79. The van der Waals surface area contributed by atoms with Crippen LogP contribution in [0.5, 0.6) is 5.75 Å². The lowest BCUT2D eigenvalue weighted by molar-refractivity contribution is -0.134. The predicted octanol–water partition coefficient (Wildman–Crippen LogP) is 4.69. The third-order valence-electron chi connectivity index (χ3n) is 8.58. The first-order valence-corrected chi connectivity index (χ1v) is 15.7. The number of halogens is 1. The minimum atomic E-state index is -0.968. The topological polar surface area (TPSA) is 90.9 Å². The highest BCUT2D eigenvalue weighted by atomic mass is 19.1. The molecule has 7 nitrogen and oxygen atoms in total. The van der Waals surface area contributed by atoms with Gasteiger partial charge in [0.1, 0.15) is 11.6 Å². The van der Waals surface area contributed by atoms with E-state index in [0.29, 0.717) is 31.0 Å². The third-order valence-corrected chi connectivity index (χ3v) is 8.58. The number of aliphatic hydroxyl groups excluding tert-OH is 1. The molecule has 8 heteroatoms. The second-order valence-corrected chi connectivity index (χ2v) is 12.1. The number of hydrogen-bond acceptors (Lipinski definition) is 5. The highest BCUT2D eigenvalue weighted by molar-refractivity contribution is 5.84. The van der Waals surface area contributed by atoms with Crippen LogP contribution in [-0.2, 0) is 21.5 Å². The lowest BCUT2D eigenvalue weighted by atomic mass is 9.98. The van der Waals surface area contributed by atoms with Crippen molar-refractivity contribution in [1.82, 2.24) is 15.5 Å². The molecule has 1 aliphatic heterocycles. The fourth-order valence-electron chi connectivity index (χ4n) is 5.96. The van der Waals surface area contributed by atoms with Crippen LogP contribution < -0.4 is 15.4 Å². The van der Waals surface area contributed by atoms with Crippen LogP contribution in [-0.4, -0.2) is 60.2 Å². The number of rotatable bonds is 9. The molecule has 232 valence electrons. The molecule has 0 spiro atoms. The van der Waals surface area contributed by atoms with Gasteiger partial charge in [-0.15, -0.1) is 6.42 Å². The van der Waals surface area contributed by atoms with E-state index in [1.165, 1.54) is 12.1 Å². The first-order chi connectivity index (χ1) is 20.7. The summed E-state index contributed by atoms with van der Waals surface area (Å²) in [6.45, 7) is 6.02. The molecule has 1 saturated carbocycles. The Hall–Kier alpha value is -3.41. The number of carbonyl (C=O) groups excluding carboxylic acids is 2. The number of hydrogen-bond donors (Lipinski definition) is 3. The van der Waals surface area contributed by atoms with Gasteiger partial charge >= 0.3 is 0 Å². The van der Waals surface area contributed by atoms with E-state index in [0.717, 1.165) is 49.7 Å². The second kappa shape index (κ2) is 15.4. The molecule has 43 heavy (non-hydrogen) atoms. The largest absolute Gasteiger partial charge is 0.493 e. The summed E-state index contributed by atoms with van der Waals surface area (Å²) in [6, 6.07) is 11.7. The van der Waals surface area contributed by atoms with E-state index >= 15 is 0 Å². The number of fused-ring (bicyclic) bond motifs is 2. The standard InChI is InChI=1S/C35H46FN3O4/c1-4-8-26-13-17-39(16-5-2)34(42)12-11-33(41)38-31(21-27-19-29(36)22-30(20-27)43-24-26)32(40)23-37-35(14-15-35)28-10-7-9-25(6-3)18-28/h3,7,9-10,18-20,22,26,31-32,37,40H,4-5,8,11-17,21,23-24H2,1-2H3,(H,38,41)/t26?,31-,32+/m0/s1. The molecule has 4 rings (SSSR count). The Morgan fingerprint density at radius 3 is 2.72 bits per heavy atom. The summed E-state index contributed by atoms with van der Waals surface area (Å²) >= 11 is 0. The number of aliphatic hydroxyl groups is 1. The smallest absolute Gasteiger partial charge is 0.223 e. The summed E-state index contributed by atoms with van der Waals surface area (Å²) in [5.41, 5.74) is 2.21. The summed E-state index contributed by atoms with van der Waals surface area (Å²) in [6.07, 6.45) is 10.3. The number of terminal acetylenes is 1. The van der Waals surface area contributed by atoms with E-state index in [1.807, 2.05) is 36.1 Å². The van der Waals surface area contributed by atoms with E-state index < -0.39 is 18.0 Å². The molecule has 3 atom stereocenters. The van der Waals surface area contributed by atoms with Gasteiger partial charge in [-0.05, 0) is 79.8 Å². The van der Waals surface area contributed by atoms with Crippen LogP contribution in [0, 0.1) is 24.1 Å². The van der Waals surface area contributed by atoms with Crippen molar-refractivity contribution in [3.05, 3.63) is 65.0 Å². The van der Waals surface area contributed by atoms with Crippen LogP contribution in [0.15, 0.2) is 42.5 Å². The molecule has 1 aliphatic carbocycles. The highest BCUT2D eigenvalue weighted by Gasteiger charge is 2.44. The lowest BCUT2D eigenvalue weighted by Gasteiger charge is -2.28. The molecule has 2 aromatic rings. The van der Waals surface area contributed by atoms with Gasteiger partial charge in [0.15, 0.2) is 0 Å². The van der Waals surface area contributed by atoms with Crippen molar-refractivity contribution in [3.8, 4) is 18.1 Å². The number of amides is 2. The van der Waals surface area contributed by atoms with Crippen molar-refractivity contribution in [1.29, 1.82) is 0 Å². The van der Waals surface area contributed by atoms with Crippen molar-refractivity contribution in [3.63, 3.8) is 0 Å². The number of nitrogens with one attached hydrogen (secondary N) is 2. The van der Waals surface area contributed by atoms with E-state index in [-0.39, 0.29) is 49.1 Å². The Kier molecular flexibility index (Phi) is 11.6. The monoisotopic (exact) mass is 591 g/mol. The Bertz CT molecular complexity index is 1290. The molecule has 2 bridgehead atoms.